The van der Waals surface area contributed by atoms with Crippen molar-refractivity contribution in [1.82, 2.24) is 10.3 Å². The van der Waals surface area contributed by atoms with Crippen molar-refractivity contribution in [3.63, 3.8) is 0 Å². The predicted molar refractivity (Wildman–Crippen MR) is 91.8 cm³/mol. The topological polar surface area (TPSA) is 88.5 Å². The fourth-order valence-electron chi connectivity index (χ4n) is 2.28. The van der Waals surface area contributed by atoms with E-state index in [9.17, 15) is 14.7 Å². The molecule has 1 unspecified atom stereocenters. The summed E-state index contributed by atoms with van der Waals surface area (Å²) >= 11 is 6.11. The Balaban J connectivity index is 1.70. The third-order valence-corrected chi connectivity index (χ3v) is 4.15. The zero-order valence-electron chi connectivity index (χ0n) is 13.3. The number of nitrogens with one attached hydrogen (secondary N) is 1. The van der Waals surface area contributed by atoms with Crippen LogP contribution in [0.5, 0.6) is 5.88 Å². The fourth-order valence-corrected chi connectivity index (χ4v) is 2.51. The molecule has 7 heteroatoms. The number of pyridine rings is 1. The lowest BCUT2D eigenvalue weighted by molar-refractivity contribution is -0.139. The van der Waals surface area contributed by atoms with Crippen molar-refractivity contribution in [1.29, 1.82) is 0 Å². The van der Waals surface area contributed by atoms with Crippen LogP contribution in [0.1, 0.15) is 34.8 Å². The third kappa shape index (κ3) is 4.48. The van der Waals surface area contributed by atoms with Gasteiger partial charge in [-0.25, -0.2) is 9.78 Å². The van der Waals surface area contributed by atoms with E-state index in [-0.39, 0.29) is 16.5 Å². The maximum Gasteiger partial charge on any atom is 0.330 e. The van der Waals surface area contributed by atoms with Crippen molar-refractivity contribution >= 4 is 23.5 Å². The first kappa shape index (κ1) is 17.2. The Morgan fingerprint density at radius 3 is 2.64 bits per heavy atom. The summed E-state index contributed by atoms with van der Waals surface area (Å²) in [6.07, 6.45) is 3.62. The molecule has 0 aliphatic heterocycles. The van der Waals surface area contributed by atoms with Gasteiger partial charge in [-0.05, 0) is 30.4 Å². The molecule has 130 valence electrons. The van der Waals surface area contributed by atoms with Crippen LogP contribution in [-0.4, -0.2) is 28.6 Å². The standard InChI is InChI=1S/C18H17ClN2O4/c19-14-8-13(9-20-17(14)25-10-11-6-7-11)16(22)21-15(18(23)24)12-4-2-1-3-5-12/h1-5,8-9,11,15H,6-7,10H2,(H,21,22)(H,23,24). The second-order valence-corrected chi connectivity index (χ2v) is 6.33. The summed E-state index contributed by atoms with van der Waals surface area (Å²) in [7, 11) is 0. The molecule has 3 rings (SSSR count). The molecule has 25 heavy (non-hydrogen) atoms. The average Bonchev–Trinajstić information content (AvgIpc) is 3.43. The summed E-state index contributed by atoms with van der Waals surface area (Å²) < 4.78 is 5.52. The molecule has 0 radical (unpaired) electrons. The number of aliphatic carboxylic acids is 1. The van der Waals surface area contributed by atoms with Crippen LogP contribution in [0.25, 0.3) is 0 Å². The van der Waals surface area contributed by atoms with E-state index in [4.69, 9.17) is 16.3 Å². The smallest absolute Gasteiger partial charge is 0.330 e. The van der Waals surface area contributed by atoms with Crippen LogP contribution in [-0.2, 0) is 4.79 Å². The van der Waals surface area contributed by atoms with Gasteiger partial charge in [0.1, 0.15) is 5.02 Å². The van der Waals surface area contributed by atoms with E-state index in [0.717, 1.165) is 12.8 Å². The van der Waals surface area contributed by atoms with Gasteiger partial charge in [0, 0.05) is 6.20 Å². The Morgan fingerprint density at radius 1 is 1.32 bits per heavy atom. The Kier molecular flexibility index (Phi) is 5.19. The highest BCUT2D eigenvalue weighted by Crippen LogP contribution is 2.31. The maximum absolute atomic E-state index is 12.4. The van der Waals surface area contributed by atoms with Gasteiger partial charge in [-0.2, -0.15) is 0 Å². The van der Waals surface area contributed by atoms with Crippen molar-refractivity contribution in [3.8, 4) is 5.88 Å². The summed E-state index contributed by atoms with van der Waals surface area (Å²) in [5, 5.41) is 12.1. The van der Waals surface area contributed by atoms with Gasteiger partial charge < -0.3 is 15.2 Å². The monoisotopic (exact) mass is 360 g/mol. The van der Waals surface area contributed by atoms with Crippen LogP contribution in [0.15, 0.2) is 42.6 Å². The summed E-state index contributed by atoms with van der Waals surface area (Å²) in [6, 6.07) is 8.74. The normalized spacial score (nSPS) is 14.6. The van der Waals surface area contributed by atoms with Crippen LogP contribution in [0.3, 0.4) is 0 Å². The number of nitrogens with zero attached hydrogens (tertiary/aromatic N) is 1. The minimum absolute atomic E-state index is 0.172. The molecule has 1 aliphatic carbocycles. The van der Waals surface area contributed by atoms with Crippen molar-refractivity contribution in [3.05, 3.63) is 58.7 Å². The number of ether oxygens (including phenoxy) is 1. The molecule has 1 atom stereocenters. The van der Waals surface area contributed by atoms with E-state index in [1.54, 1.807) is 30.3 Å². The van der Waals surface area contributed by atoms with Gasteiger partial charge in [0.05, 0.1) is 12.2 Å². The molecule has 1 fully saturated rings. The van der Waals surface area contributed by atoms with E-state index < -0.39 is 17.9 Å². The van der Waals surface area contributed by atoms with Crippen LogP contribution in [0, 0.1) is 5.92 Å². The third-order valence-electron chi connectivity index (χ3n) is 3.88. The molecular weight excluding hydrogens is 344 g/mol. The first-order valence-corrected chi connectivity index (χ1v) is 8.29. The highest BCUT2D eigenvalue weighted by atomic mass is 35.5. The minimum Gasteiger partial charge on any atom is -0.479 e. The van der Waals surface area contributed by atoms with Crippen LogP contribution >= 0.6 is 11.6 Å². The number of halogens is 1. The summed E-state index contributed by atoms with van der Waals surface area (Å²) in [6.45, 7) is 0.563. The number of rotatable bonds is 7. The van der Waals surface area contributed by atoms with Crippen molar-refractivity contribution in [2.24, 2.45) is 5.92 Å². The SMILES string of the molecule is O=C(NC(C(=O)O)c1ccccc1)c1cnc(OCC2CC2)c(Cl)c1. The van der Waals surface area contributed by atoms with Crippen LogP contribution < -0.4 is 10.1 Å². The molecule has 1 aromatic carbocycles. The van der Waals surface area contributed by atoms with Crippen LogP contribution in [0.4, 0.5) is 0 Å². The Morgan fingerprint density at radius 2 is 2.04 bits per heavy atom. The zero-order valence-corrected chi connectivity index (χ0v) is 14.1. The summed E-state index contributed by atoms with van der Waals surface area (Å²) in [5.41, 5.74) is 0.651. The van der Waals surface area contributed by atoms with Crippen molar-refractivity contribution < 1.29 is 19.4 Å². The van der Waals surface area contributed by atoms with Gasteiger partial charge in [0.25, 0.3) is 5.91 Å². The first-order valence-electron chi connectivity index (χ1n) is 7.91. The van der Waals surface area contributed by atoms with Crippen molar-refractivity contribution in [2.45, 2.75) is 18.9 Å². The van der Waals surface area contributed by atoms with E-state index in [1.165, 1.54) is 12.3 Å². The number of amides is 1. The maximum atomic E-state index is 12.4. The molecule has 0 saturated heterocycles. The molecular formula is C18H17ClN2O4. The molecule has 2 N–H and O–H groups in total. The van der Waals surface area contributed by atoms with Gasteiger partial charge in [0.15, 0.2) is 6.04 Å². The minimum atomic E-state index is -1.15. The molecule has 1 amide bonds. The molecule has 2 aromatic rings. The molecule has 1 heterocycles. The molecule has 0 bridgehead atoms. The van der Waals surface area contributed by atoms with Gasteiger partial charge in [-0.3, -0.25) is 4.79 Å². The van der Waals surface area contributed by atoms with E-state index >= 15 is 0 Å². The number of carbonyl (C=O) groups excluding carboxylic acids is 1. The van der Waals surface area contributed by atoms with E-state index in [2.05, 4.69) is 10.3 Å². The number of hydrogen-bond donors (Lipinski definition) is 2. The Labute approximate surface area is 149 Å². The lowest BCUT2D eigenvalue weighted by Gasteiger charge is -2.15. The lowest BCUT2D eigenvalue weighted by Crippen LogP contribution is -2.33. The number of carboxylic acid groups (broad SMARTS) is 1. The first-order chi connectivity index (χ1) is 12.0. The molecule has 1 aliphatic rings. The average molecular weight is 361 g/mol. The Bertz CT molecular complexity index is 778. The lowest BCUT2D eigenvalue weighted by atomic mass is 10.1. The van der Waals surface area contributed by atoms with Crippen LogP contribution in [0.2, 0.25) is 5.02 Å². The van der Waals surface area contributed by atoms with Gasteiger partial charge >= 0.3 is 5.97 Å². The quantitative estimate of drug-likeness (QED) is 0.792. The predicted octanol–water partition coefficient (Wildman–Crippen LogP) is 3.08. The number of carboxylic acids is 1. The number of hydrogen-bond acceptors (Lipinski definition) is 4. The molecule has 1 aromatic heterocycles. The van der Waals surface area contributed by atoms with E-state index in [0.29, 0.717) is 18.1 Å². The Hall–Kier alpha value is -2.60. The fraction of sp³-hybridized carbons (Fsp3) is 0.278. The summed E-state index contributed by atoms with van der Waals surface area (Å²) in [4.78, 5) is 27.9. The second-order valence-electron chi connectivity index (χ2n) is 5.92. The highest BCUT2D eigenvalue weighted by Gasteiger charge is 2.24. The summed E-state index contributed by atoms with van der Waals surface area (Å²) in [5.74, 6) is -0.881. The van der Waals surface area contributed by atoms with E-state index in [1.807, 2.05) is 0 Å². The largest absolute Gasteiger partial charge is 0.479 e. The highest BCUT2D eigenvalue weighted by molar-refractivity contribution is 6.32. The van der Waals surface area contributed by atoms with Gasteiger partial charge in [-0.1, -0.05) is 41.9 Å². The zero-order chi connectivity index (χ0) is 17.8. The number of aromatic nitrogens is 1. The number of carbonyl (C=O) groups is 2. The van der Waals surface area contributed by atoms with Gasteiger partial charge in [0.2, 0.25) is 5.88 Å². The van der Waals surface area contributed by atoms with Gasteiger partial charge in [-0.15, -0.1) is 0 Å². The van der Waals surface area contributed by atoms with Crippen molar-refractivity contribution in [2.75, 3.05) is 6.61 Å². The second kappa shape index (κ2) is 7.53. The molecule has 1 saturated carbocycles. The number of benzene rings is 1. The molecule has 0 spiro atoms. The molecule has 6 nitrogen and oxygen atoms in total.